The van der Waals surface area contributed by atoms with E-state index in [0.717, 1.165) is 25.9 Å². The van der Waals surface area contributed by atoms with Crippen molar-refractivity contribution in [1.82, 2.24) is 5.32 Å². The van der Waals surface area contributed by atoms with Crippen molar-refractivity contribution in [1.29, 1.82) is 0 Å². The number of hydrogen-bond donors (Lipinski definition) is 2. The minimum Gasteiger partial charge on any atom is -0.495 e. The molecular weight excluding hydrogens is 292 g/mol. The lowest BCUT2D eigenvalue weighted by atomic mass is 9.78. The predicted molar refractivity (Wildman–Crippen MR) is 83.0 cm³/mol. The molecule has 1 heterocycles. The molecule has 2 rings (SSSR count). The normalized spacial score (nSPS) is 17.3. The lowest BCUT2D eigenvalue weighted by Gasteiger charge is -2.35. The minimum atomic E-state index is -0.479. The summed E-state index contributed by atoms with van der Waals surface area (Å²) in [6, 6.07) is 5.20. The zero-order chi connectivity index (χ0) is 15.3. The molecule has 0 aliphatic carbocycles. The van der Waals surface area contributed by atoms with E-state index < -0.39 is 5.41 Å². The Hall–Kier alpha value is -1.30. The quantitative estimate of drug-likeness (QED) is 0.876. The second-order valence-corrected chi connectivity index (χ2v) is 5.67. The summed E-state index contributed by atoms with van der Waals surface area (Å²) in [6.07, 6.45) is 1.52. The molecule has 1 amide bonds. The highest BCUT2D eigenvalue weighted by atomic mass is 35.5. The molecule has 1 aromatic carbocycles. The van der Waals surface area contributed by atoms with Gasteiger partial charge in [-0.3, -0.25) is 4.79 Å². The second-order valence-electron chi connectivity index (χ2n) is 5.27. The first kappa shape index (κ1) is 16.1. The van der Waals surface area contributed by atoms with Crippen molar-refractivity contribution in [3.05, 3.63) is 23.2 Å². The molecule has 5 nitrogen and oxygen atoms in total. The third kappa shape index (κ3) is 3.67. The van der Waals surface area contributed by atoms with Crippen LogP contribution in [-0.4, -0.2) is 39.8 Å². The highest BCUT2D eigenvalue weighted by Gasteiger charge is 2.39. The molecule has 116 valence electrons. The van der Waals surface area contributed by atoms with Crippen LogP contribution in [0.15, 0.2) is 18.2 Å². The Morgan fingerprint density at radius 1 is 1.38 bits per heavy atom. The number of carbonyl (C=O) groups is 1. The van der Waals surface area contributed by atoms with Gasteiger partial charge in [-0.05, 0) is 38.1 Å². The summed E-state index contributed by atoms with van der Waals surface area (Å²) in [4.78, 5) is 12.7. The minimum absolute atomic E-state index is 0.0183. The number of piperidine rings is 1. The fourth-order valence-electron chi connectivity index (χ4n) is 2.62. The molecule has 2 N–H and O–H groups in total. The van der Waals surface area contributed by atoms with Gasteiger partial charge < -0.3 is 20.1 Å². The van der Waals surface area contributed by atoms with E-state index in [9.17, 15) is 4.79 Å². The highest BCUT2D eigenvalue weighted by molar-refractivity contribution is 6.32. The molecule has 1 aliphatic heterocycles. The third-order valence-electron chi connectivity index (χ3n) is 3.87. The number of anilines is 1. The van der Waals surface area contributed by atoms with Crippen LogP contribution in [0, 0.1) is 5.41 Å². The smallest absolute Gasteiger partial charge is 0.233 e. The molecule has 1 saturated heterocycles. The van der Waals surface area contributed by atoms with Gasteiger partial charge in [0.15, 0.2) is 0 Å². The van der Waals surface area contributed by atoms with Crippen LogP contribution in [0.2, 0.25) is 5.02 Å². The van der Waals surface area contributed by atoms with E-state index in [1.54, 1.807) is 32.4 Å². The van der Waals surface area contributed by atoms with Crippen molar-refractivity contribution in [2.75, 3.05) is 39.2 Å². The monoisotopic (exact) mass is 312 g/mol. The zero-order valence-corrected chi connectivity index (χ0v) is 13.1. The summed E-state index contributed by atoms with van der Waals surface area (Å²) < 4.78 is 10.4. The van der Waals surface area contributed by atoms with Gasteiger partial charge in [-0.25, -0.2) is 0 Å². The van der Waals surface area contributed by atoms with Gasteiger partial charge >= 0.3 is 0 Å². The molecule has 0 bridgehead atoms. The Morgan fingerprint density at radius 2 is 2.10 bits per heavy atom. The molecule has 6 heteroatoms. The Labute approximate surface area is 130 Å². The van der Waals surface area contributed by atoms with Crippen molar-refractivity contribution < 1.29 is 14.3 Å². The van der Waals surface area contributed by atoms with Crippen LogP contribution in [0.3, 0.4) is 0 Å². The maximum absolute atomic E-state index is 12.7. The first-order valence-corrected chi connectivity index (χ1v) is 7.34. The number of nitrogens with one attached hydrogen (secondary N) is 2. The predicted octanol–water partition coefficient (Wildman–Crippen LogP) is 2.30. The van der Waals surface area contributed by atoms with E-state index in [-0.39, 0.29) is 5.91 Å². The number of halogens is 1. The first-order valence-electron chi connectivity index (χ1n) is 6.96. The summed E-state index contributed by atoms with van der Waals surface area (Å²) >= 11 is 5.99. The fraction of sp³-hybridized carbons (Fsp3) is 0.533. The van der Waals surface area contributed by atoms with E-state index in [2.05, 4.69) is 10.6 Å². The Bertz CT molecular complexity index is 496. The van der Waals surface area contributed by atoms with Crippen LogP contribution >= 0.6 is 11.6 Å². The number of amides is 1. The molecule has 0 radical (unpaired) electrons. The first-order chi connectivity index (χ1) is 10.1. The lowest BCUT2D eigenvalue weighted by molar-refractivity contribution is -0.130. The average molecular weight is 313 g/mol. The topological polar surface area (TPSA) is 59.6 Å². The number of carbonyl (C=O) groups excluding carboxylic acids is 1. The average Bonchev–Trinajstić information content (AvgIpc) is 2.50. The van der Waals surface area contributed by atoms with Crippen LogP contribution in [-0.2, 0) is 9.53 Å². The van der Waals surface area contributed by atoms with Crippen molar-refractivity contribution in [2.45, 2.75) is 12.8 Å². The van der Waals surface area contributed by atoms with Crippen molar-refractivity contribution >= 4 is 23.2 Å². The molecule has 0 spiro atoms. The number of hydrogen-bond acceptors (Lipinski definition) is 4. The van der Waals surface area contributed by atoms with Crippen molar-refractivity contribution in [2.24, 2.45) is 5.41 Å². The maximum Gasteiger partial charge on any atom is 0.233 e. The number of methoxy groups -OCH3 is 2. The molecule has 0 aromatic heterocycles. The third-order valence-corrected chi connectivity index (χ3v) is 4.18. The number of rotatable bonds is 5. The van der Waals surface area contributed by atoms with Gasteiger partial charge in [0, 0.05) is 18.9 Å². The van der Waals surface area contributed by atoms with Gasteiger partial charge in [-0.2, -0.15) is 0 Å². The SMILES string of the molecule is COCC1(C(=O)Nc2ccc(Cl)c(OC)c2)CCNCC1. The van der Waals surface area contributed by atoms with Crippen LogP contribution in [0.5, 0.6) is 5.75 Å². The van der Waals surface area contributed by atoms with Crippen LogP contribution in [0.4, 0.5) is 5.69 Å². The van der Waals surface area contributed by atoms with Crippen LogP contribution in [0.1, 0.15) is 12.8 Å². The van der Waals surface area contributed by atoms with Gasteiger partial charge in [0.05, 0.1) is 24.2 Å². The van der Waals surface area contributed by atoms with Crippen LogP contribution < -0.4 is 15.4 Å². The molecule has 0 saturated carbocycles. The summed E-state index contributed by atoms with van der Waals surface area (Å²) in [5.41, 5.74) is 0.197. The van der Waals surface area contributed by atoms with E-state index in [1.807, 2.05) is 0 Å². The van der Waals surface area contributed by atoms with E-state index in [0.29, 0.717) is 23.1 Å². The second kappa shape index (κ2) is 7.11. The van der Waals surface area contributed by atoms with Gasteiger partial charge in [-0.1, -0.05) is 11.6 Å². The standard InChI is InChI=1S/C15H21ClN2O3/c1-20-10-15(5-7-17-8-6-15)14(19)18-11-3-4-12(16)13(9-11)21-2/h3-4,9,17H,5-8,10H2,1-2H3,(H,18,19). The summed E-state index contributed by atoms with van der Waals surface area (Å²) in [5, 5.41) is 6.74. The molecule has 1 aromatic rings. The molecule has 0 unspecified atom stereocenters. The van der Waals surface area contributed by atoms with Crippen LogP contribution in [0.25, 0.3) is 0 Å². The number of ether oxygens (including phenoxy) is 2. The molecule has 21 heavy (non-hydrogen) atoms. The number of benzene rings is 1. The Kier molecular flexibility index (Phi) is 5.45. The summed E-state index contributed by atoms with van der Waals surface area (Å²) in [6.45, 7) is 2.06. The summed E-state index contributed by atoms with van der Waals surface area (Å²) in [5.74, 6) is 0.524. The maximum atomic E-state index is 12.7. The van der Waals surface area contributed by atoms with E-state index in [1.165, 1.54) is 0 Å². The van der Waals surface area contributed by atoms with Crippen molar-refractivity contribution in [3.8, 4) is 5.75 Å². The van der Waals surface area contributed by atoms with Gasteiger partial charge in [0.2, 0.25) is 5.91 Å². The Morgan fingerprint density at radius 3 is 2.71 bits per heavy atom. The van der Waals surface area contributed by atoms with Crippen molar-refractivity contribution in [3.63, 3.8) is 0 Å². The largest absolute Gasteiger partial charge is 0.495 e. The molecule has 0 atom stereocenters. The van der Waals surface area contributed by atoms with Gasteiger partial charge in [-0.15, -0.1) is 0 Å². The molecule has 1 fully saturated rings. The molecule has 1 aliphatic rings. The fourth-order valence-corrected chi connectivity index (χ4v) is 2.81. The zero-order valence-electron chi connectivity index (χ0n) is 12.4. The highest BCUT2D eigenvalue weighted by Crippen LogP contribution is 2.32. The summed E-state index contributed by atoms with van der Waals surface area (Å²) in [7, 11) is 3.18. The van der Waals surface area contributed by atoms with Gasteiger partial charge in [0.1, 0.15) is 5.75 Å². The van der Waals surface area contributed by atoms with E-state index >= 15 is 0 Å². The molecular formula is C15H21ClN2O3. The van der Waals surface area contributed by atoms with E-state index in [4.69, 9.17) is 21.1 Å². The lowest BCUT2D eigenvalue weighted by Crippen LogP contribution is -2.47. The Balaban J connectivity index is 2.15. The van der Waals surface area contributed by atoms with Gasteiger partial charge in [0.25, 0.3) is 0 Å².